The lowest BCUT2D eigenvalue weighted by Crippen LogP contribution is -2.13. The van der Waals surface area contributed by atoms with E-state index in [1.165, 1.54) is 29.5 Å². The van der Waals surface area contributed by atoms with Gasteiger partial charge in [-0.1, -0.05) is 12.1 Å². The predicted octanol–water partition coefficient (Wildman–Crippen LogP) is 5.67. The molecule has 4 rings (SSSR count). The number of aromatic hydroxyl groups is 2. The highest BCUT2D eigenvalue weighted by atomic mass is 32.1. The number of nitrogens with one attached hydrogen (secondary N) is 1. The second kappa shape index (κ2) is 8.49. The Labute approximate surface area is 181 Å². The summed E-state index contributed by atoms with van der Waals surface area (Å²) in [5, 5.41) is 22.7. The van der Waals surface area contributed by atoms with E-state index in [-0.39, 0.29) is 11.7 Å². The number of halogens is 1. The van der Waals surface area contributed by atoms with Crippen molar-refractivity contribution in [3.8, 4) is 33.4 Å². The number of rotatable bonds is 5. The van der Waals surface area contributed by atoms with Crippen LogP contribution in [-0.2, 0) is 4.79 Å². The molecule has 0 aliphatic carbocycles. The average molecular weight is 435 g/mol. The number of phenolic OH excluding ortho intramolecular Hbond substituents is 2. The number of amides is 1. The van der Waals surface area contributed by atoms with Gasteiger partial charge in [0.05, 0.1) is 4.88 Å². The number of hydrogen-bond acceptors (Lipinski definition) is 5. The number of carbonyl (C=O) groups is 1. The molecule has 0 saturated heterocycles. The third kappa shape index (κ3) is 4.36. The number of hydrogen-bond donors (Lipinski definition) is 3. The van der Waals surface area contributed by atoms with Gasteiger partial charge in [-0.05, 0) is 65.7 Å². The van der Waals surface area contributed by atoms with Crippen LogP contribution in [0.1, 0.15) is 5.56 Å². The lowest BCUT2D eigenvalue weighted by Gasteiger charge is -2.09. The van der Waals surface area contributed by atoms with E-state index >= 15 is 0 Å². The first-order valence-electron chi connectivity index (χ1n) is 9.36. The third-order valence-corrected chi connectivity index (χ3v) is 5.79. The summed E-state index contributed by atoms with van der Waals surface area (Å²) in [4.78, 5) is 12.0. The minimum absolute atomic E-state index is 0.121. The molecule has 31 heavy (non-hydrogen) atoms. The molecule has 156 valence electrons. The quantitative estimate of drug-likeness (QED) is 0.353. The zero-order valence-corrected chi connectivity index (χ0v) is 17.2. The maximum Gasteiger partial charge on any atom is 0.243 e. The maximum atomic E-state index is 14.0. The second-order valence-electron chi connectivity index (χ2n) is 6.73. The first kappa shape index (κ1) is 20.4. The lowest BCUT2D eigenvalue weighted by molar-refractivity contribution is -0.115. The Morgan fingerprint density at radius 3 is 2.55 bits per heavy atom. The molecule has 0 radical (unpaired) electrons. The fraction of sp³-hybridized carbons (Fsp3) is 0.0417. The molecule has 0 unspecified atom stereocenters. The highest BCUT2D eigenvalue weighted by molar-refractivity contribution is 7.22. The van der Waals surface area contributed by atoms with Crippen molar-refractivity contribution in [3.05, 3.63) is 78.1 Å². The molecule has 0 bridgehead atoms. The Balaban J connectivity index is 1.73. The molecule has 0 spiro atoms. The van der Waals surface area contributed by atoms with Crippen molar-refractivity contribution >= 4 is 33.4 Å². The number of phenols is 2. The number of ether oxygens (including phenoxy) is 1. The Bertz CT molecular complexity index is 1300. The van der Waals surface area contributed by atoms with Gasteiger partial charge in [0, 0.05) is 23.2 Å². The molecule has 1 aromatic heterocycles. The molecule has 4 aromatic rings. The molecule has 0 fully saturated rings. The van der Waals surface area contributed by atoms with Gasteiger partial charge in [0.2, 0.25) is 5.91 Å². The fourth-order valence-electron chi connectivity index (χ4n) is 3.02. The minimum Gasteiger partial charge on any atom is -0.508 e. The summed E-state index contributed by atoms with van der Waals surface area (Å²) in [6.45, 7) is 0. The molecule has 0 aliphatic rings. The normalized spacial score (nSPS) is 11.2. The van der Waals surface area contributed by atoms with Gasteiger partial charge in [0.25, 0.3) is 0 Å². The van der Waals surface area contributed by atoms with E-state index in [0.29, 0.717) is 21.9 Å². The van der Waals surface area contributed by atoms with Gasteiger partial charge in [0.15, 0.2) is 17.3 Å². The Kier molecular flexibility index (Phi) is 5.60. The molecule has 1 heterocycles. The van der Waals surface area contributed by atoms with Crippen LogP contribution in [0.4, 0.5) is 4.39 Å². The summed E-state index contributed by atoms with van der Waals surface area (Å²) in [7, 11) is 1.56. The molecule has 3 aromatic carbocycles. The third-order valence-electron chi connectivity index (χ3n) is 4.61. The van der Waals surface area contributed by atoms with E-state index in [2.05, 4.69) is 5.32 Å². The number of carbonyl (C=O) groups excluding carboxylic acids is 1. The SMILES string of the molecule is CNC(=O)C=Cc1ccc(Oc2c(-c3ccc(O)c(F)c3)sc3cc(O)ccc23)cc1. The number of likely N-dealkylation sites (N-methyl/N-ethyl adjacent to an activating group) is 1. The van der Waals surface area contributed by atoms with E-state index < -0.39 is 11.6 Å². The Hall–Kier alpha value is -3.84. The summed E-state index contributed by atoms with van der Waals surface area (Å²) in [5.74, 6) is -0.138. The largest absolute Gasteiger partial charge is 0.508 e. The molecule has 5 nitrogen and oxygen atoms in total. The van der Waals surface area contributed by atoms with Gasteiger partial charge in [-0.15, -0.1) is 11.3 Å². The standard InChI is InChI=1S/C24H18FNO4S/c1-26-22(29)11-4-14-2-7-17(8-3-14)30-23-18-9-6-16(27)13-21(18)31-24(23)15-5-10-20(28)19(25)12-15/h2-13,27-28H,1H3,(H,26,29). The lowest BCUT2D eigenvalue weighted by atomic mass is 10.1. The van der Waals surface area contributed by atoms with E-state index in [1.807, 2.05) is 12.1 Å². The summed E-state index contributed by atoms with van der Waals surface area (Å²) >= 11 is 1.35. The summed E-state index contributed by atoms with van der Waals surface area (Å²) in [6.07, 6.45) is 3.13. The average Bonchev–Trinajstić information content (AvgIpc) is 3.12. The monoisotopic (exact) mass is 435 g/mol. The van der Waals surface area contributed by atoms with Gasteiger partial charge in [-0.2, -0.15) is 0 Å². The topological polar surface area (TPSA) is 78.8 Å². The van der Waals surface area contributed by atoms with Crippen LogP contribution in [0.15, 0.2) is 66.7 Å². The van der Waals surface area contributed by atoms with Crippen molar-refractivity contribution < 1.29 is 24.1 Å². The molecular formula is C24H18FNO4S. The highest BCUT2D eigenvalue weighted by Gasteiger charge is 2.18. The van der Waals surface area contributed by atoms with Gasteiger partial charge in [-0.25, -0.2) is 4.39 Å². The number of thiophene rings is 1. The summed E-state index contributed by atoms with van der Waals surface area (Å²) in [5.41, 5.74) is 1.38. The zero-order chi connectivity index (χ0) is 22.0. The predicted molar refractivity (Wildman–Crippen MR) is 120 cm³/mol. The van der Waals surface area contributed by atoms with Gasteiger partial charge >= 0.3 is 0 Å². The van der Waals surface area contributed by atoms with Crippen molar-refractivity contribution in [2.24, 2.45) is 0 Å². The first-order chi connectivity index (χ1) is 14.9. The minimum atomic E-state index is -0.726. The van der Waals surface area contributed by atoms with Crippen molar-refractivity contribution in [1.29, 1.82) is 0 Å². The molecule has 7 heteroatoms. The molecular weight excluding hydrogens is 417 g/mol. The van der Waals surface area contributed by atoms with Crippen molar-refractivity contribution in [2.75, 3.05) is 7.05 Å². The number of fused-ring (bicyclic) bond motifs is 1. The van der Waals surface area contributed by atoms with Crippen LogP contribution >= 0.6 is 11.3 Å². The van der Waals surface area contributed by atoms with Crippen molar-refractivity contribution in [2.45, 2.75) is 0 Å². The zero-order valence-electron chi connectivity index (χ0n) is 16.4. The van der Waals surface area contributed by atoms with Crippen LogP contribution in [0.5, 0.6) is 23.0 Å². The van der Waals surface area contributed by atoms with E-state index in [1.54, 1.807) is 49.5 Å². The van der Waals surface area contributed by atoms with E-state index in [9.17, 15) is 19.4 Å². The summed E-state index contributed by atoms with van der Waals surface area (Å²) < 4.78 is 20.9. The van der Waals surface area contributed by atoms with Crippen LogP contribution in [0.3, 0.4) is 0 Å². The van der Waals surface area contributed by atoms with Crippen molar-refractivity contribution in [3.63, 3.8) is 0 Å². The maximum absolute atomic E-state index is 14.0. The number of benzene rings is 3. The van der Waals surface area contributed by atoms with Gasteiger partial charge in [-0.3, -0.25) is 4.79 Å². The Morgan fingerprint density at radius 2 is 1.84 bits per heavy atom. The fourth-order valence-corrected chi connectivity index (χ4v) is 4.18. The van der Waals surface area contributed by atoms with Crippen LogP contribution in [0.25, 0.3) is 26.6 Å². The van der Waals surface area contributed by atoms with E-state index in [0.717, 1.165) is 15.6 Å². The highest BCUT2D eigenvalue weighted by Crippen LogP contribution is 2.47. The first-order valence-corrected chi connectivity index (χ1v) is 10.2. The second-order valence-corrected chi connectivity index (χ2v) is 7.78. The van der Waals surface area contributed by atoms with Crippen LogP contribution < -0.4 is 10.1 Å². The Morgan fingerprint density at radius 1 is 1.06 bits per heavy atom. The van der Waals surface area contributed by atoms with Crippen LogP contribution in [0, 0.1) is 5.82 Å². The molecule has 0 saturated carbocycles. The van der Waals surface area contributed by atoms with E-state index in [4.69, 9.17) is 4.74 Å². The summed E-state index contributed by atoms with van der Waals surface area (Å²) in [6, 6.07) is 16.3. The van der Waals surface area contributed by atoms with Gasteiger partial charge < -0.3 is 20.3 Å². The smallest absolute Gasteiger partial charge is 0.243 e. The van der Waals surface area contributed by atoms with Crippen LogP contribution in [0.2, 0.25) is 0 Å². The molecule has 3 N–H and O–H groups in total. The molecule has 0 atom stereocenters. The molecule has 1 amide bonds. The van der Waals surface area contributed by atoms with Gasteiger partial charge in [0.1, 0.15) is 11.5 Å². The van der Waals surface area contributed by atoms with Crippen molar-refractivity contribution in [1.82, 2.24) is 5.32 Å². The van der Waals surface area contributed by atoms with Crippen LogP contribution in [-0.4, -0.2) is 23.2 Å². The molecule has 0 aliphatic heterocycles.